The van der Waals surface area contributed by atoms with Gasteiger partial charge in [0.15, 0.2) is 0 Å². The molecular weight excluding hydrogens is 411 g/mol. The molecule has 6 nitrogen and oxygen atoms in total. The van der Waals surface area contributed by atoms with Crippen molar-refractivity contribution in [3.05, 3.63) is 59.2 Å². The molecule has 2 aromatic rings. The van der Waals surface area contributed by atoms with Gasteiger partial charge in [-0.15, -0.1) is 0 Å². The number of methoxy groups -OCH3 is 1. The van der Waals surface area contributed by atoms with Crippen molar-refractivity contribution in [3.8, 4) is 5.75 Å². The number of nitrogens with one attached hydrogen (secondary N) is 1. The zero-order chi connectivity index (χ0) is 22.2. The van der Waals surface area contributed by atoms with E-state index in [1.54, 1.807) is 24.3 Å². The number of benzene rings is 2. The average molecular weight is 433 g/mol. The fraction of sp³-hybridized carbons (Fsp3) is 0.364. The first kappa shape index (κ1) is 21.2. The Bertz CT molecular complexity index is 1010. The van der Waals surface area contributed by atoms with E-state index in [4.69, 9.17) is 4.74 Å². The number of ether oxygens (including phenoxy) is 1. The Balaban J connectivity index is 1.83. The molecule has 0 bridgehead atoms. The predicted molar refractivity (Wildman–Crippen MR) is 110 cm³/mol. The number of hydrogen-bond acceptors (Lipinski definition) is 5. The Morgan fingerprint density at radius 1 is 1.23 bits per heavy atom. The molecule has 2 aliphatic rings. The number of fused-ring (bicyclic) bond motifs is 1. The van der Waals surface area contributed by atoms with Gasteiger partial charge in [0.1, 0.15) is 17.7 Å². The fourth-order valence-electron chi connectivity index (χ4n) is 4.11. The highest BCUT2D eigenvalue weighted by Crippen LogP contribution is 2.42. The molecule has 0 radical (unpaired) electrons. The molecule has 0 saturated carbocycles. The molecular formula is C22H22F3N3O3. The molecule has 2 aliphatic heterocycles. The van der Waals surface area contributed by atoms with E-state index < -0.39 is 29.7 Å². The van der Waals surface area contributed by atoms with Gasteiger partial charge in [-0.25, -0.2) is 0 Å². The monoisotopic (exact) mass is 433 g/mol. The summed E-state index contributed by atoms with van der Waals surface area (Å²) >= 11 is 0. The van der Waals surface area contributed by atoms with Gasteiger partial charge in [-0.05, 0) is 41.8 Å². The summed E-state index contributed by atoms with van der Waals surface area (Å²) < 4.78 is 46.7. The van der Waals surface area contributed by atoms with Crippen LogP contribution in [0, 0.1) is 0 Å². The molecule has 164 valence electrons. The third-order valence-corrected chi connectivity index (χ3v) is 5.67. The second-order valence-corrected chi connectivity index (χ2v) is 7.51. The van der Waals surface area contributed by atoms with Crippen LogP contribution in [0.4, 0.5) is 18.9 Å². The molecule has 0 unspecified atom stereocenters. The summed E-state index contributed by atoms with van der Waals surface area (Å²) in [6.45, 7) is 1.10. The minimum atomic E-state index is -4.59. The standard InChI is InChI=1S/C22H22F3N3O3/c1-31-14-7-5-13(6-8-14)15-11-16-17(22(23,24)25)3-2-4-18(16)28(21(30)20(15)29)12-19-26-9-10-27-19/h2-8,15,20,29H,9-12H2,1H3,(H,26,27)/t15-,20+/m0/s1. The number of amides is 1. The van der Waals surface area contributed by atoms with Crippen LogP contribution in [-0.4, -0.2) is 49.7 Å². The van der Waals surface area contributed by atoms with E-state index >= 15 is 0 Å². The SMILES string of the molecule is COc1ccc([C@@H]2Cc3c(cccc3C(F)(F)F)N(CC3=NCCN3)C(=O)[C@@H]2O)cc1. The Labute approximate surface area is 177 Å². The van der Waals surface area contributed by atoms with Crippen LogP contribution in [0.5, 0.6) is 5.75 Å². The zero-order valence-electron chi connectivity index (χ0n) is 16.8. The molecule has 0 aromatic heterocycles. The normalized spacial score (nSPS) is 21.3. The third kappa shape index (κ3) is 4.10. The van der Waals surface area contributed by atoms with Gasteiger partial charge in [0.05, 0.1) is 25.8 Å². The van der Waals surface area contributed by atoms with Gasteiger partial charge in [0.2, 0.25) is 0 Å². The molecule has 4 rings (SSSR count). The smallest absolute Gasteiger partial charge is 0.416 e. The molecule has 2 heterocycles. The highest BCUT2D eigenvalue weighted by Gasteiger charge is 2.42. The Kier molecular flexibility index (Phi) is 5.62. The van der Waals surface area contributed by atoms with Gasteiger partial charge in [-0.2, -0.15) is 13.2 Å². The second-order valence-electron chi connectivity index (χ2n) is 7.51. The number of amidine groups is 1. The van der Waals surface area contributed by atoms with Crippen LogP contribution >= 0.6 is 0 Å². The molecule has 2 N–H and O–H groups in total. The zero-order valence-corrected chi connectivity index (χ0v) is 16.8. The largest absolute Gasteiger partial charge is 0.497 e. The molecule has 0 fully saturated rings. The number of anilines is 1. The Morgan fingerprint density at radius 3 is 2.58 bits per heavy atom. The van der Waals surface area contributed by atoms with Crippen molar-refractivity contribution in [2.45, 2.75) is 24.6 Å². The highest BCUT2D eigenvalue weighted by atomic mass is 19.4. The lowest BCUT2D eigenvalue weighted by molar-refractivity contribution is -0.138. The van der Waals surface area contributed by atoms with Crippen LogP contribution in [0.15, 0.2) is 47.5 Å². The summed E-state index contributed by atoms with van der Waals surface area (Å²) in [5.41, 5.74) is -0.120. The van der Waals surface area contributed by atoms with E-state index in [9.17, 15) is 23.1 Å². The van der Waals surface area contributed by atoms with Crippen LogP contribution in [0.1, 0.15) is 22.6 Å². The molecule has 2 atom stereocenters. The lowest BCUT2D eigenvalue weighted by Gasteiger charge is -2.26. The van der Waals surface area contributed by atoms with Crippen molar-refractivity contribution < 1.29 is 27.8 Å². The number of carbonyl (C=O) groups is 1. The summed E-state index contributed by atoms with van der Waals surface area (Å²) in [7, 11) is 1.50. The first-order valence-electron chi connectivity index (χ1n) is 9.89. The number of aliphatic imine (C=N–C) groups is 1. The average Bonchev–Trinajstić information content (AvgIpc) is 3.24. The number of halogens is 3. The van der Waals surface area contributed by atoms with E-state index in [1.165, 1.54) is 24.1 Å². The van der Waals surface area contributed by atoms with Crippen molar-refractivity contribution in [1.82, 2.24) is 5.32 Å². The van der Waals surface area contributed by atoms with Crippen LogP contribution in [-0.2, 0) is 17.4 Å². The molecule has 31 heavy (non-hydrogen) atoms. The lowest BCUT2D eigenvalue weighted by atomic mass is 9.86. The van der Waals surface area contributed by atoms with E-state index in [-0.39, 0.29) is 24.2 Å². The number of aliphatic hydroxyl groups excluding tert-OH is 1. The number of nitrogens with zero attached hydrogens (tertiary/aromatic N) is 2. The molecule has 0 spiro atoms. The Morgan fingerprint density at radius 2 is 1.97 bits per heavy atom. The molecule has 0 aliphatic carbocycles. The maximum absolute atomic E-state index is 13.8. The Hall–Kier alpha value is -3.07. The van der Waals surface area contributed by atoms with Crippen LogP contribution in [0.3, 0.4) is 0 Å². The van der Waals surface area contributed by atoms with Crippen molar-refractivity contribution >= 4 is 17.4 Å². The van der Waals surface area contributed by atoms with Gasteiger partial charge in [-0.1, -0.05) is 18.2 Å². The summed E-state index contributed by atoms with van der Waals surface area (Å²) in [5.74, 6) is -0.423. The third-order valence-electron chi connectivity index (χ3n) is 5.67. The topological polar surface area (TPSA) is 74.2 Å². The molecule has 2 aromatic carbocycles. The maximum Gasteiger partial charge on any atom is 0.416 e. The molecule has 0 saturated heterocycles. The van der Waals surface area contributed by atoms with Gasteiger partial charge in [-0.3, -0.25) is 9.79 Å². The number of carbonyl (C=O) groups excluding carboxylic acids is 1. The van der Waals surface area contributed by atoms with Crippen molar-refractivity contribution in [1.29, 1.82) is 0 Å². The first-order valence-corrected chi connectivity index (χ1v) is 9.89. The quantitative estimate of drug-likeness (QED) is 0.778. The number of hydrogen-bond donors (Lipinski definition) is 2. The van der Waals surface area contributed by atoms with Gasteiger partial charge in [0, 0.05) is 18.2 Å². The minimum absolute atomic E-state index is 0.0145. The molecule has 9 heteroatoms. The lowest BCUT2D eigenvalue weighted by Crippen LogP contribution is -2.45. The summed E-state index contributed by atoms with van der Waals surface area (Å²) in [6, 6.07) is 10.4. The fourth-order valence-corrected chi connectivity index (χ4v) is 4.11. The van der Waals surface area contributed by atoms with Crippen LogP contribution < -0.4 is 15.0 Å². The van der Waals surface area contributed by atoms with Crippen molar-refractivity contribution in [3.63, 3.8) is 0 Å². The van der Waals surface area contributed by atoms with Crippen LogP contribution in [0.2, 0.25) is 0 Å². The van der Waals surface area contributed by atoms with E-state index in [0.717, 1.165) is 6.07 Å². The van der Waals surface area contributed by atoms with Crippen LogP contribution in [0.25, 0.3) is 0 Å². The minimum Gasteiger partial charge on any atom is -0.497 e. The van der Waals surface area contributed by atoms with E-state index in [0.29, 0.717) is 30.2 Å². The summed E-state index contributed by atoms with van der Waals surface area (Å²) in [4.78, 5) is 18.7. The number of rotatable bonds is 4. The van der Waals surface area contributed by atoms with E-state index in [2.05, 4.69) is 10.3 Å². The van der Waals surface area contributed by atoms with Crippen molar-refractivity contribution in [2.75, 3.05) is 31.6 Å². The predicted octanol–water partition coefficient (Wildman–Crippen LogP) is 2.75. The number of alkyl halides is 3. The first-order chi connectivity index (χ1) is 14.8. The number of aliphatic hydroxyl groups is 1. The summed E-state index contributed by atoms with van der Waals surface area (Å²) in [5, 5.41) is 14.0. The van der Waals surface area contributed by atoms with E-state index in [1.807, 2.05) is 0 Å². The maximum atomic E-state index is 13.8. The highest BCUT2D eigenvalue weighted by molar-refractivity contribution is 6.04. The van der Waals surface area contributed by atoms with Gasteiger partial charge >= 0.3 is 6.18 Å². The van der Waals surface area contributed by atoms with Crippen molar-refractivity contribution in [2.24, 2.45) is 4.99 Å². The molecule has 1 amide bonds. The summed E-state index contributed by atoms with van der Waals surface area (Å²) in [6.07, 6.45) is -6.24. The van der Waals surface area contributed by atoms with Gasteiger partial charge < -0.3 is 20.1 Å². The second kappa shape index (κ2) is 8.22. The van der Waals surface area contributed by atoms with Gasteiger partial charge in [0.25, 0.3) is 5.91 Å².